The first kappa shape index (κ1) is 17.2. The molecular weight excluding hydrogens is 294 g/mol. The summed E-state index contributed by atoms with van der Waals surface area (Å²) in [5, 5.41) is 11.4. The molecule has 0 saturated carbocycles. The molecule has 3 rings (SSSR count). The largest absolute Gasteiger partial charge is 0.389 e. The van der Waals surface area contributed by atoms with E-state index >= 15 is 0 Å². The van der Waals surface area contributed by atoms with Gasteiger partial charge in [0.25, 0.3) is 0 Å². The van der Waals surface area contributed by atoms with Crippen molar-refractivity contribution in [1.82, 2.24) is 0 Å². The smallest absolute Gasteiger partial charge is 0.116 e. The summed E-state index contributed by atoms with van der Waals surface area (Å²) in [4.78, 5) is 1.49. The molecule has 0 aromatic heterocycles. The number of unbranched alkanes of at least 4 members (excludes halogenated alkanes) is 1. The van der Waals surface area contributed by atoms with E-state index in [9.17, 15) is 5.11 Å². The fourth-order valence-electron chi connectivity index (χ4n) is 4.25. The minimum Gasteiger partial charge on any atom is -0.389 e. The van der Waals surface area contributed by atoms with Gasteiger partial charge in [-0.05, 0) is 6.42 Å². The van der Waals surface area contributed by atoms with Crippen molar-refractivity contribution in [3.8, 4) is 0 Å². The Hall–Kier alpha value is -1.64. The van der Waals surface area contributed by atoms with Gasteiger partial charge in [-0.3, -0.25) is 0 Å². The normalized spacial score (nSPS) is 30.2. The molecule has 4 atom stereocenters. The van der Waals surface area contributed by atoms with E-state index in [0.29, 0.717) is 12.1 Å². The highest BCUT2D eigenvalue weighted by atomic mass is 16.3. The molecule has 24 heavy (non-hydrogen) atoms. The molecule has 2 N–H and O–H groups in total. The zero-order valence-electron chi connectivity index (χ0n) is 14.9. The Bertz CT molecular complexity index is 575. The standard InChI is InChI=1S/C22H29NO/c1-3-4-15-22(24)16-20(18-11-7-5-8-12-18)23(2)21(17-22)19-13-9-6-10-14-19/h5-14,20-21,24H,3-4,15-17H2,1-2H3/p+1/t20-,21+,22?. The molecule has 128 valence electrons. The molecule has 0 aliphatic carbocycles. The van der Waals surface area contributed by atoms with Crippen molar-refractivity contribution in [2.45, 2.75) is 56.7 Å². The second kappa shape index (κ2) is 7.50. The van der Waals surface area contributed by atoms with Crippen molar-refractivity contribution >= 4 is 0 Å². The number of benzene rings is 2. The van der Waals surface area contributed by atoms with E-state index < -0.39 is 5.60 Å². The minimum atomic E-state index is -0.559. The van der Waals surface area contributed by atoms with Crippen LogP contribution < -0.4 is 4.90 Å². The summed E-state index contributed by atoms with van der Waals surface area (Å²) in [6.45, 7) is 2.20. The van der Waals surface area contributed by atoms with Crippen molar-refractivity contribution in [3.05, 3.63) is 71.8 Å². The lowest BCUT2D eigenvalue weighted by molar-refractivity contribution is -0.952. The zero-order valence-corrected chi connectivity index (χ0v) is 14.9. The number of hydrogen-bond donors (Lipinski definition) is 2. The van der Waals surface area contributed by atoms with Crippen LogP contribution in [0.15, 0.2) is 60.7 Å². The maximum atomic E-state index is 11.4. The van der Waals surface area contributed by atoms with E-state index in [0.717, 1.165) is 32.1 Å². The van der Waals surface area contributed by atoms with Crippen LogP contribution in [0.4, 0.5) is 0 Å². The number of hydrogen-bond acceptors (Lipinski definition) is 1. The van der Waals surface area contributed by atoms with Gasteiger partial charge in [-0.25, -0.2) is 0 Å². The zero-order chi connectivity index (χ0) is 17.0. The van der Waals surface area contributed by atoms with Gasteiger partial charge in [0.1, 0.15) is 12.1 Å². The molecule has 1 heterocycles. The second-order valence-corrected chi connectivity index (χ2v) is 7.41. The third kappa shape index (κ3) is 3.71. The summed E-state index contributed by atoms with van der Waals surface area (Å²) < 4.78 is 0. The van der Waals surface area contributed by atoms with Gasteiger partial charge in [0.2, 0.25) is 0 Å². The van der Waals surface area contributed by atoms with E-state index in [1.807, 2.05) is 0 Å². The van der Waals surface area contributed by atoms with Crippen LogP contribution in [0.2, 0.25) is 0 Å². The molecule has 1 saturated heterocycles. The van der Waals surface area contributed by atoms with Gasteiger partial charge < -0.3 is 10.0 Å². The molecule has 0 radical (unpaired) electrons. The SMILES string of the molecule is CCCCC1(O)C[C@H](c2ccccc2)[NH+](C)[C@H](c2ccccc2)C1. The van der Waals surface area contributed by atoms with Gasteiger partial charge in [-0.2, -0.15) is 0 Å². The van der Waals surface area contributed by atoms with Crippen LogP contribution >= 0.6 is 0 Å². The lowest BCUT2D eigenvalue weighted by atomic mass is 9.75. The molecule has 1 aliphatic rings. The van der Waals surface area contributed by atoms with Gasteiger partial charge in [0.05, 0.1) is 12.6 Å². The minimum absolute atomic E-state index is 0.340. The van der Waals surface area contributed by atoms with Crippen LogP contribution in [0.5, 0.6) is 0 Å². The van der Waals surface area contributed by atoms with Crippen molar-refractivity contribution in [2.75, 3.05) is 7.05 Å². The van der Waals surface area contributed by atoms with Gasteiger partial charge in [-0.15, -0.1) is 0 Å². The fourth-order valence-corrected chi connectivity index (χ4v) is 4.25. The number of rotatable bonds is 5. The maximum absolute atomic E-state index is 11.4. The van der Waals surface area contributed by atoms with E-state index in [4.69, 9.17) is 0 Å². The molecule has 0 spiro atoms. The van der Waals surface area contributed by atoms with Crippen molar-refractivity contribution in [2.24, 2.45) is 0 Å². The van der Waals surface area contributed by atoms with Crippen LogP contribution in [0.1, 0.15) is 62.2 Å². The highest BCUT2D eigenvalue weighted by molar-refractivity contribution is 5.22. The Morgan fingerprint density at radius 1 is 0.917 bits per heavy atom. The molecule has 2 unspecified atom stereocenters. The summed E-state index contributed by atoms with van der Waals surface area (Å²) in [6.07, 6.45) is 4.84. The van der Waals surface area contributed by atoms with Gasteiger partial charge in [0, 0.05) is 24.0 Å². The Kier molecular flexibility index (Phi) is 5.37. The third-order valence-electron chi connectivity index (χ3n) is 5.67. The molecule has 0 amide bonds. The Morgan fingerprint density at radius 3 is 1.79 bits per heavy atom. The lowest BCUT2D eigenvalue weighted by Gasteiger charge is -2.45. The first-order valence-corrected chi connectivity index (χ1v) is 9.28. The number of nitrogens with one attached hydrogen (secondary N) is 1. The predicted molar refractivity (Wildman–Crippen MR) is 99.0 cm³/mol. The predicted octanol–water partition coefficient (Wildman–Crippen LogP) is 3.70. The number of aliphatic hydroxyl groups is 1. The molecule has 2 aromatic carbocycles. The molecule has 2 heteroatoms. The van der Waals surface area contributed by atoms with Crippen LogP contribution in [0.3, 0.4) is 0 Å². The highest BCUT2D eigenvalue weighted by Crippen LogP contribution is 2.37. The monoisotopic (exact) mass is 324 g/mol. The average Bonchev–Trinajstić information content (AvgIpc) is 2.63. The van der Waals surface area contributed by atoms with E-state index in [1.165, 1.54) is 16.0 Å². The van der Waals surface area contributed by atoms with Crippen molar-refractivity contribution in [1.29, 1.82) is 0 Å². The molecule has 2 nitrogen and oxygen atoms in total. The van der Waals surface area contributed by atoms with E-state index in [1.54, 1.807) is 0 Å². The molecule has 2 aromatic rings. The first-order chi connectivity index (χ1) is 11.6. The second-order valence-electron chi connectivity index (χ2n) is 7.41. The summed E-state index contributed by atoms with van der Waals surface area (Å²) in [7, 11) is 2.29. The average molecular weight is 324 g/mol. The number of quaternary nitrogens is 1. The number of piperidine rings is 1. The Balaban J connectivity index is 1.94. The first-order valence-electron chi connectivity index (χ1n) is 9.28. The highest BCUT2D eigenvalue weighted by Gasteiger charge is 2.45. The molecular formula is C22H30NO+. The Morgan fingerprint density at radius 2 is 1.38 bits per heavy atom. The van der Waals surface area contributed by atoms with Gasteiger partial charge in [-0.1, -0.05) is 80.4 Å². The van der Waals surface area contributed by atoms with E-state index in [2.05, 4.69) is 74.6 Å². The maximum Gasteiger partial charge on any atom is 0.116 e. The van der Waals surface area contributed by atoms with Crippen LogP contribution in [0.25, 0.3) is 0 Å². The Labute approximate surface area is 146 Å². The lowest BCUT2D eigenvalue weighted by Crippen LogP contribution is -3.11. The van der Waals surface area contributed by atoms with E-state index in [-0.39, 0.29) is 0 Å². The summed E-state index contributed by atoms with van der Waals surface area (Å²) in [5.74, 6) is 0. The van der Waals surface area contributed by atoms with Gasteiger partial charge >= 0.3 is 0 Å². The number of likely N-dealkylation sites (tertiary alicyclic amines) is 1. The van der Waals surface area contributed by atoms with Crippen molar-refractivity contribution < 1.29 is 10.0 Å². The quantitative estimate of drug-likeness (QED) is 0.861. The topological polar surface area (TPSA) is 24.7 Å². The summed E-state index contributed by atoms with van der Waals surface area (Å²) in [5.41, 5.74) is 2.12. The van der Waals surface area contributed by atoms with Crippen LogP contribution in [0, 0.1) is 0 Å². The van der Waals surface area contributed by atoms with Crippen molar-refractivity contribution in [3.63, 3.8) is 0 Å². The van der Waals surface area contributed by atoms with Gasteiger partial charge in [0.15, 0.2) is 0 Å². The molecule has 1 aliphatic heterocycles. The molecule has 0 bridgehead atoms. The summed E-state index contributed by atoms with van der Waals surface area (Å²) in [6, 6.07) is 22.1. The molecule has 1 fully saturated rings. The summed E-state index contributed by atoms with van der Waals surface area (Å²) >= 11 is 0. The van der Waals surface area contributed by atoms with Crippen LogP contribution in [-0.4, -0.2) is 17.8 Å². The third-order valence-corrected chi connectivity index (χ3v) is 5.67. The fraction of sp³-hybridized carbons (Fsp3) is 0.455. The van der Waals surface area contributed by atoms with Crippen LogP contribution in [-0.2, 0) is 0 Å².